The van der Waals surface area contributed by atoms with Gasteiger partial charge in [0.25, 0.3) is 0 Å². The maximum atomic E-state index is 4.63. The zero-order valence-corrected chi connectivity index (χ0v) is 11.6. The van der Waals surface area contributed by atoms with E-state index in [1.165, 1.54) is 12.8 Å². The van der Waals surface area contributed by atoms with E-state index in [0.29, 0.717) is 17.9 Å². The molecule has 102 valence electrons. The van der Waals surface area contributed by atoms with Gasteiger partial charge in [-0.25, -0.2) is 4.98 Å². The Morgan fingerprint density at radius 2 is 2.16 bits per heavy atom. The molecule has 2 N–H and O–H groups in total. The van der Waals surface area contributed by atoms with Gasteiger partial charge in [0.2, 0.25) is 5.95 Å². The lowest BCUT2D eigenvalue weighted by Gasteiger charge is -2.37. The molecule has 3 rings (SSSR count). The maximum absolute atomic E-state index is 4.63. The standard InChI is InChI=1S/C13H20N6/c1-8-4-5-9(2)19(6-8)12-10-11(16-7-15-10)17-13(14-3)18-12/h7-9H,4-6H2,1-3H3,(H2,14,15,16,17,18). The predicted octanol–water partition coefficient (Wildman–Crippen LogP) is 2.02. The molecule has 0 saturated carbocycles. The third-order valence-corrected chi connectivity index (χ3v) is 3.88. The molecule has 3 heterocycles. The minimum Gasteiger partial charge on any atom is -0.357 e. The Bertz CT molecular complexity index is 578. The van der Waals surface area contributed by atoms with Crippen LogP contribution < -0.4 is 10.2 Å². The number of aromatic amines is 1. The summed E-state index contributed by atoms with van der Waals surface area (Å²) in [5, 5.41) is 3.01. The first-order chi connectivity index (χ1) is 9.19. The van der Waals surface area contributed by atoms with Crippen LogP contribution in [0, 0.1) is 5.92 Å². The van der Waals surface area contributed by atoms with Gasteiger partial charge in [0, 0.05) is 19.6 Å². The van der Waals surface area contributed by atoms with Crippen LogP contribution in [0.5, 0.6) is 0 Å². The van der Waals surface area contributed by atoms with Gasteiger partial charge in [-0.3, -0.25) is 0 Å². The molecule has 0 aliphatic carbocycles. The van der Waals surface area contributed by atoms with Gasteiger partial charge in [-0.1, -0.05) is 6.92 Å². The fourth-order valence-corrected chi connectivity index (χ4v) is 2.72. The highest BCUT2D eigenvalue weighted by Gasteiger charge is 2.26. The van der Waals surface area contributed by atoms with Crippen molar-refractivity contribution < 1.29 is 0 Å². The Kier molecular flexibility index (Phi) is 3.00. The fourth-order valence-electron chi connectivity index (χ4n) is 2.72. The van der Waals surface area contributed by atoms with E-state index in [0.717, 1.165) is 23.5 Å². The van der Waals surface area contributed by atoms with Crippen molar-refractivity contribution in [2.45, 2.75) is 32.7 Å². The first-order valence-electron chi connectivity index (χ1n) is 6.84. The molecule has 0 aromatic carbocycles. The molecule has 0 bridgehead atoms. The zero-order chi connectivity index (χ0) is 13.4. The molecule has 0 radical (unpaired) electrons. The highest BCUT2D eigenvalue weighted by Crippen LogP contribution is 2.30. The highest BCUT2D eigenvalue weighted by molar-refractivity contribution is 5.84. The molecular formula is C13H20N6. The zero-order valence-electron chi connectivity index (χ0n) is 11.6. The number of hydrogen-bond acceptors (Lipinski definition) is 5. The lowest BCUT2D eigenvalue weighted by atomic mass is 9.95. The molecule has 19 heavy (non-hydrogen) atoms. The molecule has 1 aliphatic heterocycles. The second-order valence-electron chi connectivity index (χ2n) is 5.41. The Morgan fingerprint density at radius 3 is 2.95 bits per heavy atom. The van der Waals surface area contributed by atoms with Crippen molar-refractivity contribution in [1.82, 2.24) is 19.9 Å². The quantitative estimate of drug-likeness (QED) is 0.864. The van der Waals surface area contributed by atoms with Gasteiger partial charge in [0.05, 0.1) is 6.33 Å². The van der Waals surface area contributed by atoms with Crippen molar-refractivity contribution in [1.29, 1.82) is 0 Å². The van der Waals surface area contributed by atoms with Crippen LogP contribution in [0.15, 0.2) is 6.33 Å². The van der Waals surface area contributed by atoms with E-state index in [1.54, 1.807) is 6.33 Å². The van der Waals surface area contributed by atoms with Crippen LogP contribution in [-0.2, 0) is 0 Å². The van der Waals surface area contributed by atoms with E-state index >= 15 is 0 Å². The summed E-state index contributed by atoms with van der Waals surface area (Å²) in [7, 11) is 1.83. The Hall–Kier alpha value is -1.85. The summed E-state index contributed by atoms with van der Waals surface area (Å²) in [6, 6.07) is 0.502. The van der Waals surface area contributed by atoms with Gasteiger partial charge >= 0.3 is 0 Å². The molecule has 2 aromatic heterocycles. The largest absolute Gasteiger partial charge is 0.357 e. The lowest BCUT2D eigenvalue weighted by molar-refractivity contribution is 0.389. The van der Waals surface area contributed by atoms with Crippen molar-refractivity contribution in [3.05, 3.63) is 6.33 Å². The molecule has 2 aromatic rings. The summed E-state index contributed by atoms with van der Waals surface area (Å²) in [5.41, 5.74) is 1.65. The summed E-state index contributed by atoms with van der Waals surface area (Å²) in [6.07, 6.45) is 4.17. The first kappa shape index (κ1) is 12.2. The van der Waals surface area contributed by atoms with E-state index in [2.05, 4.69) is 44.0 Å². The normalized spacial score (nSPS) is 23.8. The Morgan fingerprint density at radius 1 is 1.32 bits per heavy atom. The van der Waals surface area contributed by atoms with Crippen LogP contribution in [0.4, 0.5) is 11.8 Å². The summed E-state index contributed by atoms with van der Waals surface area (Å²) in [4.78, 5) is 18.8. The van der Waals surface area contributed by atoms with Crippen molar-refractivity contribution in [3.63, 3.8) is 0 Å². The molecule has 1 saturated heterocycles. The fraction of sp³-hybridized carbons (Fsp3) is 0.615. The van der Waals surface area contributed by atoms with Crippen molar-refractivity contribution >= 4 is 22.9 Å². The van der Waals surface area contributed by atoms with E-state index in [1.807, 2.05) is 7.05 Å². The molecular weight excluding hydrogens is 240 g/mol. The predicted molar refractivity (Wildman–Crippen MR) is 76.4 cm³/mol. The van der Waals surface area contributed by atoms with Crippen LogP contribution in [0.3, 0.4) is 0 Å². The molecule has 6 nitrogen and oxygen atoms in total. The first-order valence-corrected chi connectivity index (χ1v) is 6.84. The number of anilines is 2. The number of piperidine rings is 1. The van der Waals surface area contributed by atoms with Gasteiger partial charge in [-0.05, 0) is 25.7 Å². The maximum Gasteiger partial charge on any atom is 0.226 e. The summed E-state index contributed by atoms with van der Waals surface area (Å²) < 4.78 is 0. The van der Waals surface area contributed by atoms with E-state index in [4.69, 9.17) is 0 Å². The van der Waals surface area contributed by atoms with Crippen molar-refractivity contribution in [2.24, 2.45) is 5.92 Å². The molecule has 6 heteroatoms. The van der Waals surface area contributed by atoms with E-state index < -0.39 is 0 Å². The monoisotopic (exact) mass is 260 g/mol. The number of aromatic nitrogens is 4. The van der Waals surface area contributed by atoms with Crippen molar-refractivity contribution in [3.8, 4) is 0 Å². The van der Waals surface area contributed by atoms with E-state index in [9.17, 15) is 0 Å². The molecule has 2 atom stereocenters. The average molecular weight is 260 g/mol. The Labute approximate surface area is 112 Å². The summed E-state index contributed by atoms with van der Waals surface area (Å²) >= 11 is 0. The van der Waals surface area contributed by atoms with Gasteiger partial charge < -0.3 is 15.2 Å². The second kappa shape index (κ2) is 4.68. The van der Waals surface area contributed by atoms with Crippen LogP contribution >= 0.6 is 0 Å². The lowest BCUT2D eigenvalue weighted by Crippen LogP contribution is -2.41. The van der Waals surface area contributed by atoms with Crippen LogP contribution in [0.25, 0.3) is 11.2 Å². The van der Waals surface area contributed by atoms with Crippen molar-refractivity contribution in [2.75, 3.05) is 23.8 Å². The topological polar surface area (TPSA) is 69.7 Å². The minimum absolute atomic E-state index is 0.502. The van der Waals surface area contributed by atoms with Gasteiger partial charge in [-0.2, -0.15) is 9.97 Å². The summed E-state index contributed by atoms with van der Waals surface area (Å²) in [6.45, 7) is 5.59. The number of hydrogen-bond donors (Lipinski definition) is 2. The minimum atomic E-state index is 0.502. The molecule has 0 amide bonds. The van der Waals surface area contributed by atoms with Gasteiger partial charge in [-0.15, -0.1) is 0 Å². The second-order valence-corrected chi connectivity index (χ2v) is 5.41. The third kappa shape index (κ3) is 2.11. The SMILES string of the molecule is CNc1nc(N2CC(C)CCC2C)c2[nH]cnc2n1. The molecule has 0 spiro atoms. The van der Waals surface area contributed by atoms with E-state index in [-0.39, 0.29) is 0 Å². The number of nitrogens with zero attached hydrogens (tertiary/aromatic N) is 4. The average Bonchev–Trinajstić information content (AvgIpc) is 2.88. The number of imidazole rings is 1. The number of rotatable bonds is 2. The highest BCUT2D eigenvalue weighted by atomic mass is 15.3. The molecule has 1 fully saturated rings. The number of nitrogens with one attached hydrogen (secondary N) is 2. The van der Waals surface area contributed by atoms with Crippen LogP contribution in [-0.4, -0.2) is 39.6 Å². The summed E-state index contributed by atoms with van der Waals surface area (Å²) in [5.74, 6) is 2.29. The van der Waals surface area contributed by atoms with Crippen LogP contribution in [0.2, 0.25) is 0 Å². The third-order valence-electron chi connectivity index (χ3n) is 3.88. The smallest absolute Gasteiger partial charge is 0.226 e. The van der Waals surface area contributed by atoms with Gasteiger partial charge in [0.1, 0.15) is 5.52 Å². The number of H-pyrrole nitrogens is 1. The number of fused-ring (bicyclic) bond motifs is 1. The van der Waals surface area contributed by atoms with Crippen LogP contribution in [0.1, 0.15) is 26.7 Å². The van der Waals surface area contributed by atoms with Gasteiger partial charge in [0.15, 0.2) is 11.5 Å². The molecule has 2 unspecified atom stereocenters. The molecule has 1 aliphatic rings. The Balaban J connectivity index is 2.09.